The molecular formula is C15H18N2O3S. The number of nitrogens with one attached hydrogen (secondary N) is 1. The van der Waals surface area contributed by atoms with Gasteiger partial charge in [-0.1, -0.05) is 18.2 Å². The fraction of sp³-hybridized carbons (Fsp3) is 0.400. The predicted octanol–water partition coefficient (Wildman–Crippen LogP) is 1.43. The zero-order chi connectivity index (χ0) is 15.5. The highest BCUT2D eigenvalue weighted by Gasteiger charge is 2.43. The summed E-state index contributed by atoms with van der Waals surface area (Å²) < 4.78 is 0. The Kier molecular flexibility index (Phi) is 4.67. The topological polar surface area (TPSA) is 66.5 Å². The van der Waals surface area contributed by atoms with Crippen molar-refractivity contribution < 1.29 is 14.4 Å². The minimum absolute atomic E-state index is 0.0619. The number of rotatable bonds is 4. The van der Waals surface area contributed by atoms with Crippen LogP contribution in [0.15, 0.2) is 35.2 Å². The predicted molar refractivity (Wildman–Crippen MR) is 80.7 cm³/mol. The Morgan fingerprint density at radius 2 is 1.95 bits per heavy atom. The molecule has 0 radical (unpaired) electrons. The van der Waals surface area contributed by atoms with Crippen LogP contribution in [0.25, 0.3) is 0 Å². The molecule has 1 N–H and O–H groups in total. The molecule has 0 aromatic heterocycles. The minimum Gasteiger partial charge on any atom is -0.319 e. The Morgan fingerprint density at radius 1 is 1.29 bits per heavy atom. The lowest BCUT2D eigenvalue weighted by Gasteiger charge is -2.40. The van der Waals surface area contributed by atoms with Crippen molar-refractivity contribution in [2.24, 2.45) is 0 Å². The van der Waals surface area contributed by atoms with Crippen LogP contribution < -0.4 is 5.32 Å². The molecular weight excluding hydrogens is 288 g/mol. The third-order valence-electron chi connectivity index (χ3n) is 3.41. The fourth-order valence-electron chi connectivity index (χ4n) is 2.09. The maximum absolute atomic E-state index is 12.3. The molecule has 3 amide bonds. The van der Waals surface area contributed by atoms with E-state index < -0.39 is 17.4 Å². The maximum atomic E-state index is 12.3. The largest absolute Gasteiger partial charge is 0.319 e. The number of piperazine rings is 1. The quantitative estimate of drug-likeness (QED) is 0.675. The third kappa shape index (κ3) is 3.64. The molecule has 1 aliphatic rings. The monoisotopic (exact) mass is 306 g/mol. The number of carbonyl (C=O) groups excluding carboxylic acids is 3. The van der Waals surface area contributed by atoms with Gasteiger partial charge in [-0.05, 0) is 26.0 Å². The van der Waals surface area contributed by atoms with E-state index >= 15 is 0 Å². The van der Waals surface area contributed by atoms with Gasteiger partial charge in [0.15, 0.2) is 0 Å². The Morgan fingerprint density at radius 3 is 2.62 bits per heavy atom. The van der Waals surface area contributed by atoms with Gasteiger partial charge in [0.05, 0.1) is 0 Å². The molecule has 112 valence electrons. The van der Waals surface area contributed by atoms with Crippen molar-refractivity contribution in [2.45, 2.75) is 30.7 Å². The van der Waals surface area contributed by atoms with Crippen LogP contribution in [-0.4, -0.2) is 40.5 Å². The molecule has 1 aliphatic heterocycles. The standard InChI is InChI=1S/C15H18N2O3S/c1-15(2)14(20)16-12(18)10-17(15)13(19)8-9-21-11-6-4-3-5-7-11/h3-7H,8-10H2,1-2H3,(H,16,18,20). The fourth-order valence-corrected chi connectivity index (χ4v) is 2.95. The lowest BCUT2D eigenvalue weighted by molar-refractivity contribution is -0.155. The number of hydrogen-bond acceptors (Lipinski definition) is 4. The van der Waals surface area contributed by atoms with Crippen molar-refractivity contribution in [3.05, 3.63) is 30.3 Å². The lowest BCUT2D eigenvalue weighted by atomic mass is 9.98. The van der Waals surface area contributed by atoms with Crippen LogP contribution in [-0.2, 0) is 14.4 Å². The van der Waals surface area contributed by atoms with E-state index in [4.69, 9.17) is 0 Å². The molecule has 0 unspecified atom stereocenters. The molecule has 0 saturated carbocycles. The van der Waals surface area contributed by atoms with Crippen LogP contribution in [0, 0.1) is 0 Å². The Labute approximate surface area is 128 Å². The highest BCUT2D eigenvalue weighted by atomic mass is 32.2. The maximum Gasteiger partial charge on any atom is 0.252 e. The van der Waals surface area contributed by atoms with Gasteiger partial charge in [0, 0.05) is 17.1 Å². The SMILES string of the molecule is CC1(C)C(=O)NC(=O)CN1C(=O)CCSc1ccccc1. The first kappa shape index (κ1) is 15.6. The summed E-state index contributed by atoms with van der Waals surface area (Å²) in [5, 5.41) is 2.26. The van der Waals surface area contributed by atoms with Gasteiger partial charge in [0.25, 0.3) is 5.91 Å². The van der Waals surface area contributed by atoms with E-state index in [1.807, 2.05) is 30.3 Å². The lowest BCUT2D eigenvalue weighted by Crippen LogP contribution is -2.65. The summed E-state index contributed by atoms with van der Waals surface area (Å²) in [7, 11) is 0. The highest BCUT2D eigenvalue weighted by Crippen LogP contribution is 2.22. The van der Waals surface area contributed by atoms with Crippen LogP contribution in [0.2, 0.25) is 0 Å². The van der Waals surface area contributed by atoms with Crippen molar-refractivity contribution in [1.29, 1.82) is 0 Å². The molecule has 1 fully saturated rings. The van der Waals surface area contributed by atoms with Gasteiger partial charge < -0.3 is 4.90 Å². The van der Waals surface area contributed by atoms with Crippen molar-refractivity contribution in [3.63, 3.8) is 0 Å². The summed E-state index contributed by atoms with van der Waals surface area (Å²) in [4.78, 5) is 38.0. The number of nitrogens with zero attached hydrogens (tertiary/aromatic N) is 1. The van der Waals surface area contributed by atoms with Crippen LogP contribution >= 0.6 is 11.8 Å². The van der Waals surface area contributed by atoms with E-state index in [1.165, 1.54) is 4.90 Å². The first-order chi connectivity index (χ1) is 9.91. The second kappa shape index (κ2) is 6.30. The Hall–Kier alpha value is -1.82. The second-order valence-corrected chi connectivity index (χ2v) is 6.50. The summed E-state index contributed by atoms with van der Waals surface area (Å²) in [5.74, 6) is -0.413. The summed E-state index contributed by atoms with van der Waals surface area (Å²) in [6, 6.07) is 9.80. The molecule has 1 saturated heterocycles. The van der Waals surface area contributed by atoms with Gasteiger partial charge in [-0.3, -0.25) is 19.7 Å². The van der Waals surface area contributed by atoms with E-state index in [-0.39, 0.29) is 12.5 Å². The number of hydrogen-bond donors (Lipinski definition) is 1. The summed E-state index contributed by atoms with van der Waals surface area (Å²) in [5.41, 5.74) is -0.984. The molecule has 0 spiro atoms. The zero-order valence-electron chi connectivity index (χ0n) is 12.1. The van der Waals surface area contributed by atoms with Gasteiger partial charge in [-0.25, -0.2) is 0 Å². The molecule has 0 bridgehead atoms. The van der Waals surface area contributed by atoms with Crippen LogP contribution in [0.1, 0.15) is 20.3 Å². The molecule has 5 nitrogen and oxygen atoms in total. The van der Waals surface area contributed by atoms with Crippen molar-refractivity contribution >= 4 is 29.5 Å². The van der Waals surface area contributed by atoms with E-state index in [9.17, 15) is 14.4 Å². The third-order valence-corrected chi connectivity index (χ3v) is 4.43. The molecule has 2 rings (SSSR count). The number of thioether (sulfide) groups is 1. The van der Waals surface area contributed by atoms with E-state index in [0.29, 0.717) is 12.2 Å². The van der Waals surface area contributed by atoms with Gasteiger partial charge in [-0.2, -0.15) is 0 Å². The number of carbonyl (C=O) groups is 3. The zero-order valence-corrected chi connectivity index (χ0v) is 12.9. The number of amides is 3. The van der Waals surface area contributed by atoms with E-state index in [0.717, 1.165) is 4.90 Å². The van der Waals surface area contributed by atoms with Crippen molar-refractivity contribution in [1.82, 2.24) is 10.2 Å². The van der Waals surface area contributed by atoms with Crippen molar-refractivity contribution in [2.75, 3.05) is 12.3 Å². The molecule has 21 heavy (non-hydrogen) atoms. The first-order valence-electron chi connectivity index (χ1n) is 6.74. The molecule has 0 aliphatic carbocycles. The van der Waals surface area contributed by atoms with Gasteiger partial charge in [-0.15, -0.1) is 11.8 Å². The highest BCUT2D eigenvalue weighted by molar-refractivity contribution is 7.99. The Balaban J connectivity index is 1.93. The molecule has 6 heteroatoms. The minimum atomic E-state index is -0.984. The summed E-state index contributed by atoms with van der Waals surface area (Å²) >= 11 is 1.58. The average Bonchev–Trinajstić information content (AvgIpc) is 2.44. The normalized spacial score (nSPS) is 17.5. The molecule has 0 atom stereocenters. The van der Waals surface area contributed by atoms with Crippen molar-refractivity contribution in [3.8, 4) is 0 Å². The van der Waals surface area contributed by atoms with Gasteiger partial charge >= 0.3 is 0 Å². The second-order valence-electron chi connectivity index (χ2n) is 5.33. The van der Waals surface area contributed by atoms with Crippen LogP contribution in [0.5, 0.6) is 0 Å². The van der Waals surface area contributed by atoms with Gasteiger partial charge in [0.1, 0.15) is 12.1 Å². The van der Waals surface area contributed by atoms with E-state index in [2.05, 4.69) is 5.32 Å². The summed E-state index contributed by atoms with van der Waals surface area (Å²) in [6.45, 7) is 3.24. The molecule has 1 aromatic carbocycles. The average molecular weight is 306 g/mol. The molecule has 1 aromatic rings. The van der Waals surface area contributed by atoms with Gasteiger partial charge in [0.2, 0.25) is 11.8 Å². The first-order valence-corrected chi connectivity index (χ1v) is 7.72. The smallest absolute Gasteiger partial charge is 0.252 e. The number of benzene rings is 1. The van der Waals surface area contributed by atoms with Crippen LogP contribution in [0.3, 0.4) is 0 Å². The van der Waals surface area contributed by atoms with Crippen LogP contribution in [0.4, 0.5) is 0 Å². The number of imide groups is 1. The summed E-state index contributed by atoms with van der Waals surface area (Å²) in [6.07, 6.45) is 0.295. The Bertz CT molecular complexity index is 557. The van der Waals surface area contributed by atoms with E-state index in [1.54, 1.807) is 25.6 Å². The molecule has 1 heterocycles.